The molecule has 0 fully saturated rings. The molecule has 0 saturated heterocycles. The molecule has 2 aromatic carbocycles. The van der Waals surface area contributed by atoms with Crippen LogP contribution in [0, 0.1) is 0 Å². The zero-order valence-corrected chi connectivity index (χ0v) is 14.3. The van der Waals surface area contributed by atoms with Crippen LogP contribution in [-0.4, -0.2) is 11.7 Å². The maximum absolute atomic E-state index is 11.9. The highest BCUT2D eigenvalue weighted by Crippen LogP contribution is 2.25. The van der Waals surface area contributed by atoms with Gasteiger partial charge in [-0.3, -0.25) is 4.79 Å². The van der Waals surface area contributed by atoms with E-state index in [4.69, 9.17) is 17.3 Å². The van der Waals surface area contributed by atoms with Crippen LogP contribution in [0.4, 0.5) is 11.4 Å². The minimum absolute atomic E-state index is 0.0578. The molecule has 0 aromatic heterocycles. The number of carbonyl (C=O) groups excluding carboxylic acids is 1. The van der Waals surface area contributed by atoms with Crippen molar-refractivity contribution >= 4 is 56.6 Å². The lowest BCUT2D eigenvalue weighted by Crippen LogP contribution is -2.14. The molecule has 0 bridgehead atoms. The van der Waals surface area contributed by atoms with Gasteiger partial charge in [-0.25, -0.2) is 0 Å². The lowest BCUT2D eigenvalue weighted by molar-refractivity contribution is -0.113. The smallest absolute Gasteiger partial charge is 0.234 e. The summed E-state index contributed by atoms with van der Waals surface area (Å²) in [5.74, 6) is 1.01. The van der Waals surface area contributed by atoms with Crippen molar-refractivity contribution in [3.63, 3.8) is 0 Å². The summed E-state index contributed by atoms with van der Waals surface area (Å²) in [6, 6.07) is 12.9. The molecule has 21 heavy (non-hydrogen) atoms. The lowest BCUT2D eigenvalue weighted by Gasteiger charge is -2.08. The molecule has 0 unspecified atom stereocenters. The summed E-state index contributed by atoms with van der Waals surface area (Å²) in [6.45, 7) is 0. The Balaban J connectivity index is 1.84. The van der Waals surface area contributed by atoms with Gasteiger partial charge in [0.2, 0.25) is 5.91 Å². The van der Waals surface area contributed by atoms with Gasteiger partial charge in [0.15, 0.2) is 0 Å². The van der Waals surface area contributed by atoms with E-state index in [0.29, 0.717) is 22.9 Å². The minimum Gasteiger partial charge on any atom is -0.399 e. The van der Waals surface area contributed by atoms with Crippen LogP contribution in [0.15, 0.2) is 46.9 Å². The first-order chi connectivity index (χ1) is 10.1. The van der Waals surface area contributed by atoms with E-state index in [2.05, 4.69) is 21.2 Å². The Kier molecular flexibility index (Phi) is 5.96. The van der Waals surface area contributed by atoms with Gasteiger partial charge >= 0.3 is 0 Å². The summed E-state index contributed by atoms with van der Waals surface area (Å²) in [6.07, 6.45) is 0. The normalized spacial score (nSPS) is 10.4. The molecule has 0 atom stereocenters. The highest BCUT2D eigenvalue weighted by atomic mass is 79.9. The molecule has 0 aliphatic rings. The first kappa shape index (κ1) is 16.2. The van der Waals surface area contributed by atoms with E-state index in [1.165, 1.54) is 11.8 Å². The molecular formula is C15H14BrClN2OS. The van der Waals surface area contributed by atoms with Crippen molar-refractivity contribution in [3.8, 4) is 0 Å². The summed E-state index contributed by atoms with van der Waals surface area (Å²) in [5.41, 5.74) is 8.05. The Hall–Kier alpha value is -1.17. The van der Waals surface area contributed by atoms with Gasteiger partial charge in [-0.2, -0.15) is 0 Å². The predicted molar refractivity (Wildman–Crippen MR) is 94.8 cm³/mol. The van der Waals surface area contributed by atoms with Crippen molar-refractivity contribution in [3.05, 3.63) is 57.5 Å². The van der Waals surface area contributed by atoms with Crippen LogP contribution < -0.4 is 11.1 Å². The van der Waals surface area contributed by atoms with E-state index >= 15 is 0 Å². The number of nitrogens with two attached hydrogens (primary N) is 1. The van der Waals surface area contributed by atoms with E-state index in [-0.39, 0.29) is 5.91 Å². The standard InChI is InChI=1S/C15H14BrClN2OS/c16-12-7-11(18)5-6-14(12)19-15(20)9-21-8-10-3-1-2-4-13(10)17/h1-7H,8-9,18H2,(H,19,20). The Morgan fingerprint density at radius 3 is 2.76 bits per heavy atom. The summed E-state index contributed by atoms with van der Waals surface area (Å²) < 4.78 is 0.770. The second-order valence-electron chi connectivity index (χ2n) is 4.37. The minimum atomic E-state index is -0.0578. The summed E-state index contributed by atoms with van der Waals surface area (Å²) >= 11 is 11.0. The zero-order valence-electron chi connectivity index (χ0n) is 11.1. The van der Waals surface area contributed by atoms with Gasteiger partial charge in [0.25, 0.3) is 0 Å². The molecule has 0 radical (unpaired) electrons. The van der Waals surface area contributed by atoms with Crippen LogP contribution in [0.25, 0.3) is 0 Å². The molecule has 0 aliphatic heterocycles. The summed E-state index contributed by atoms with van der Waals surface area (Å²) in [7, 11) is 0. The number of nitrogens with one attached hydrogen (secondary N) is 1. The van der Waals surface area contributed by atoms with Gasteiger partial charge < -0.3 is 11.1 Å². The van der Waals surface area contributed by atoms with Gasteiger partial charge in [0.1, 0.15) is 0 Å². The largest absolute Gasteiger partial charge is 0.399 e. The molecule has 1 amide bonds. The second kappa shape index (κ2) is 7.73. The number of carbonyl (C=O) groups is 1. The summed E-state index contributed by atoms with van der Waals surface area (Å²) in [4.78, 5) is 11.9. The average Bonchev–Trinajstić information content (AvgIpc) is 2.44. The average molecular weight is 386 g/mol. The monoisotopic (exact) mass is 384 g/mol. The first-order valence-electron chi connectivity index (χ1n) is 6.22. The van der Waals surface area contributed by atoms with Crippen LogP contribution >= 0.6 is 39.3 Å². The fraction of sp³-hybridized carbons (Fsp3) is 0.133. The molecule has 3 N–H and O–H groups in total. The lowest BCUT2D eigenvalue weighted by atomic mass is 10.2. The maximum Gasteiger partial charge on any atom is 0.234 e. The van der Waals surface area contributed by atoms with Crippen LogP contribution in [0.2, 0.25) is 5.02 Å². The second-order valence-corrected chi connectivity index (χ2v) is 6.62. The third kappa shape index (κ3) is 4.95. The number of hydrogen-bond acceptors (Lipinski definition) is 3. The fourth-order valence-electron chi connectivity index (χ4n) is 1.69. The van der Waals surface area contributed by atoms with Crippen LogP contribution in [0.3, 0.4) is 0 Å². The van der Waals surface area contributed by atoms with Crippen LogP contribution in [-0.2, 0) is 10.5 Å². The Morgan fingerprint density at radius 1 is 1.29 bits per heavy atom. The molecule has 2 rings (SSSR count). The van der Waals surface area contributed by atoms with Crippen molar-refractivity contribution in [2.75, 3.05) is 16.8 Å². The zero-order chi connectivity index (χ0) is 15.2. The van der Waals surface area contributed by atoms with Gasteiger partial charge in [0, 0.05) is 20.9 Å². The van der Waals surface area contributed by atoms with Crippen LogP contribution in [0.1, 0.15) is 5.56 Å². The molecular weight excluding hydrogens is 372 g/mol. The van der Waals surface area contributed by atoms with Crippen molar-refractivity contribution in [2.45, 2.75) is 5.75 Å². The van der Waals surface area contributed by atoms with Crippen molar-refractivity contribution < 1.29 is 4.79 Å². The molecule has 0 saturated carbocycles. The number of anilines is 2. The predicted octanol–water partition coefficient (Wildman–Crippen LogP) is 4.56. The Bertz CT molecular complexity index is 651. The number of thioether (sulfide) groups is 1. The van der Waals surface area contributed by atoms with E-state index < -0.39 is 0 Å². The van der Waals surface area contributed by atoms with Gasteiger partial charge in [0.05, 0.1) is 11.4 Å². The topological polar surface area (TPSA) is 55.1 Å². The van der Waals surface area contributed by atoms with E-state index in [1.807, 2.05) is 24.3 Å². The van der Waals surface area contributed by atoms with Crippen molar-refractivity contribution in [2.24, 2.45) is 0 Å². The molecule has 2 aromatic rings. The first-order valence-corrected chi connectivity index (χ1v) is 8.55. The number of amides is 1. The van der Waals surface area contributed by atoms with Crippen molar-refractivity contribution in [1.29, 1.82) is 0 Å². The van der Waals surface area contributed by atoms with Gasteiger partial charge in [-0.15, -0.1) is 11.8 Å². The maximum atomic E-state index is 11.9. The Morgan fingerprint density at radius 2 is 2.05 bits per heavy atom. The summed E-state index contributed by atoms with van der Waals surface area (Å²) in [5, 5.41) is 3.57. The number of benzene rings is 2. The van der Waals surface area contributed by atoms with E-state index in [0.717, 1.165) is 15.1 Å². The highest BCUT2D eigenvalue weighted by molar-refractivity contribution is 9.10. The van der Waals surface area contributed by atoms with Gasteiger partial charge in [-0.1, -0.05) is 29.8 Å². The number of nitrogen functional groups attached to an aromatic ring is 1. The molecule has 6 heteroatoms. The highest BCUT2D eigenvalue weighted by Gasteiger charge is 2.07. The number of hydrogen-bond donors (Lipinski definition) is 2. The van der Waals surface area contributed by atoms with Gasteiger partial charge in [-0.05, 0) is 45.8 Å². The fourth-order valence-corrected chi connectivity index (χ4v) is 3.30. The third-order valence-corrected chi connectivity index (χ3v) is 4.72. The van der Waals surface area contributed by atoms with E-state index in [1.54, 1.807) is 18.2 Å². The SMILES string of the molecule is Nc1ccc(NC(=O)CSCc2ccccc2Cl)c(Br)c1. The third-order valence-electron chi connectivity index (χ3n) is 2.72. The molecule has 0 aliphatic carbocycles. The molecule has 0 heterocycles. The molecule has 0 spiro atoms. The quantitative estimate of drug-likeness (QED) is 0.742. The van der Waals surface area contributed by atoms with Crippen LogP contribution in [0.5, 0.6) is 0 Å². The van der Waals surface area contributed by atoms with E-state index in [9.17, 15) is 4.79 Å². The van der Waals surface area contributed by atoms with Crippen molar-refractivity contribution in [1.82, 2.24) is 0 Å². The molecule has 3 nitrogen and oxygen atoms in total. The number of halogens is 2. The molecule has 110 valence electrons. The number of rotatable bonds is 5. The Labute approximate surface area is 141 Å².